The fourth-order valence-electron chi connectivity index (χ4n) is 0.999. The molecule has 74 valence electrons. The predicted molar refractivity (Wildman–Crippen MR) is 44.5 cm³/mol. The molecule has 12 heavy (non-hydrogen) atoms. The van der Waals surface area contributed by atoms with Crippen LogP contribution >= 0.6 is 0 Å². The molecule has 0 aromatic heterocycles. The number of hydrogen-bond acceptors (Lipinski definition) is 4. The van der Waals surface area contributed by atoms with Crippen molar-refractivity contribution in [3.63, 3.8) is 0 Å². The molecule has 0 bridgehead atoms. The summed E-state index contributed by atoms with van der Waals surface area (Å²) >= 11 is 0. The van der Waals surface area contributed by atoms with E-state index in [4.69, 9.17) is 9.47 Å². The molecule has 0 aromatic carbocycles. The maximum absolute atomic E-state index is 9.31. The summed E-state index contributed by atoms with van der Waals surface area (Å²) < 4.78 is 9.80. The second-order valence-corrected chi connectivity index (χ2v) is 2.44. The molecule has 0 fully saturated rings. The molecule has 0 aliphatic carbocycles. The van der Waals surface area contributed by atoms with E-state index in [0.717, 1.165) is 0 Å². The third-order valence-electron chi connectivity index (χ3n) is 1.51. The SMILES string of the molecule is CCOC(CC)C(O)(O)OCC. The van der Waals surface area contributed by atoms with Crippen molar-refractivity contribution in [3.05, 3.63) is 0 Å². The summed E-state index contributed by atoms with van der Waals surface area (Å²) in [6.45, 7) is 5.98. The van der Waals surface area contributed by atoms with Crippen LogP contribution in [0.25, 0.3) is 0 Å². The van der Waals surface area contributed by atoms with E-state index in [1.165, 1.54) is 0 Å². The molecule has 0 saturated heterocycles. The number of rotatable bonds is 6. The molecule has 0 aliphatic rings. The van der Waals surface area contributed by atoms with Crippen molar-refractivity contribution >= 4 is 0 Å². The van der Waals surface area contributed by atoms with Crippen molar-refractivity contribution in [1.29, 1.82) is 0 Å². The molecule has 2 N–H and O–H groups in total. The van der Waals surface area contributed by atoms with Crippen LogP contribution in [0.15, 0.2) is 0 Å². The molecule has 0 amide bonds. The summed E-state index contributed by atoms with van der Waals surface area (Å²) in [7, 11) is 0. The molecule has 1 unspecified atom stereocenters. The summed E-state index contributed by atoms with van der Waals surface area (Å²) in [5, 5.41) is 18.6. The number of ether oxygens (including phenoxy) is 2. The summed E-state index contributed by atoms with van der Waals surface area (Å²) in [5.74, 6) is -2.15. The first kappa shape index (κ1) is 11.8. The lowest BCUT2D eigenvalue weighted by molar-refractivity contribution is -0.380. The van der Waals surface area contributed by atoms with E-state index in [1.54, 1.807) is 20.8 Å². The summed E-state index contributed by atoms with van der Waals surface area (Å²) in [5.41, 5.74) is 0. The third-order valence-corrected chi connectivity index (χ3v) is 1.51. The minimum absolute atomic E-state index is 0.247. The molecule has 0 radical (unpaired) electrons. The van der Waals surface area contributed by atoms with E-state index in [-0.39, 0.29) is 6.61 Å². The van der Waals surface area contributed by atoms with Gasteiger partial charge in [0, 0.05) is 13.2 Å². The lowest BCUT2D eigenvalue weighted by Crippen LogP contribution is -2.46. The number of aliphatic hydroxyl groups is 2. The van der Waals surface area contributed by atoms with E-state index in [9.17, 15) is 10.2 Å². The highest BCUT2D eigenvalue weighted by Gasteiger charge is 2.34. The van der Waals surface area contributed by atoms with Crippen LogP contribution in [0.2, 0.25) is 0 Å². The maximum atomic E-state index is 9.31. The topological polar surface area (TPSA) is 58.9 Å². The van der Waals surface area contributed by atoms with Gasteiger partial charge in [-0.2, -0.15) is 0 Å². The van der Waals surface area contributed by atoms with Crippen LogP contribution in [0, 0.1) is 0 Å². The molecule has 1 atom stereocenters. The first-order chi connectivity index (χ1) is 5.58. The molecule has 0 saturated carbocycles. The van der Waals surface area contributed by atoms with E-state index in [1.807, 2.05) is 0 Å². The Bertz CT molecular complexity index is 114. The minimum Gasteiger partial charge on any atom is -0.370 e. The highest BCUT2D eigenvalue weighted by Crippen LogP contribution is 2.15. The average Bonchev–Trinajstić information content (AvgIpc) is 1.99. The Labute approximate surface area is 73.1 Å². The molecule has 0 heterocycles. The Morgan fingerprint density at radius 1 is 1.17 bits per heavy atom. The van der Waals surface area contributed by atoms with Crippen LogP contribution in [0.3, 0.4) is 0 Å². The molecule has 0 aliphatic heterocycles. The first-order valence-corrected chi connectivity index (χ1v) is 4.28. The molecule has 0 rings (SSSR count). The Morgan fingerprint density at radius 2 is 1.75 bits per heavy atom. The fraction of sp³-hybridized carbons (Fsp3) is 1.00. The van der Waals surface area contributed by atoms with Gasteiger partial charge in [-0.15, -0.1) is 0 Å². The van der Waals surface area contributed by atoms with Gasteiger partial charge >= 0.3 is 5.97 Å². The molecule has 4 heteroatoms. The average molecular weight is 178 g/mol. The molecular weight excluding hydrogens is 160 g/mol. The van der Waals surface area contributed by atoms with Gasteiger partial charge < -0.3 is 19.7 Å². The van der Waals surface area contributed by atoms with Gasteiger partial charge in [-0.05, 0) is 20.3 Å². The lowest BCUT2D eigenvalue weighted by Gasteiger charge is -2.29. The van der Waals surface area contributed by atoms with Crippen molar-refractivity contribution < 1.29 is 19.7 Å². The monoisotopic (exact) mass is 178 g/mol. The highest BCUT2D eigenvalue weighted by atomic mass is 16.8. The first-order valence-electron chi connectivity index (χ1n) is 4.28. The zero-order valence-corrected chi connectivity index (χ0v) is 7.91. The van der Waals surface area contributed by atoms with E-state index >= 15 is 0 Å². The van der Waals surface area contributed by atoms with Crippen molar-refractivity contribution in [1.82, 2.24) is 0 Å². The van der Waals surface area contributed by atoms with Crippen molar-refractivity contribution in [3.8, 4) is 0 Å². The van der Waals surface area contributed by atoms with Gasteiger partial charge in [-0.3, -0.25) is 0 Å². The zero-order chi connectivity index (χ0) is 9.61. The van der Waals surface area contributed by atoms with Crippen LogP contribution in [0.4, 0.5) is 0 Å². The molecule has 0 aromatic rings. The minimum atomic E-state index is -2.15. The Kier molecular flexibility index (Phi) is 5.41. The van der Waals surface area contributed by atoms with Gasteiger partial charge in [0.2, 0.25) is 0 Å². The Morgan fingerprint density at radius 3 is 2.08 bits per heavy atom. The Hall–Kier alpha value is -0.160. The smallest absolute Gasteiger partial charge is 0.305 e. The van der Waals surface area contributed by atoms with Gasteiger partial charge in [-0.1, -0.05) is 6.92 Å². The van der Waals surface area contributed by atoms with E-state index in [0.29, 0.717) is 13.0 Å². The third kappa shape index (κ3) is 3.49. The quantitative estimate of drug-likeness (QED) is 0.581. The zero-order valence-electron chi connectivity index (χ0n) is 7.91. The van der Waals surface area contributed by atoms with Crippen LogP contribution in [0.5, 0.6) is 0 Å². The van der Waals surface area contributed by atoms with Gasteiger partial charge in [0.25, 0.3) is 0 Å². The molecule has 0 spiro atoms. The van der Waals surface area contributed by atoms with Gasteiger partial charge in [-0.25, -0.2) is 0 Å². The van der Waals surface area contributed by atoms with Crippen LogP contribution in [0.1, 0.15) is 27.2 Å². The van der Waals surface area contributed by atoms with Crippen LogP contribution in [-0.2, 0) is 9.47 Å². The van der Waals surface area contributed by atoms with E-state index in [2.05, 4.69) is 0 Å². The second-order valence-electron chi connectivity index (χ2n) is 2.44. The van der Waals surface area contributed by atoms with Gasteiger partial charge in [0.05, 0.1) is 0 Å². The summed E-state index contributed by atoms with van der Waals surface area (Å²) in [4.78, 5) is 0. The van der Waals surface area contributed by atoms with Gasteiger partial charge in [0.15, 0.2) is 0 Å². The largest absolute Gasteiger partial charge is 0.370 e. The second kappa shape index (κ2) is 5.48. The highest BCUT2D eigenvalue weighted by molar-refractivity contribution is 4.65. The van der Waals surface area contributed by atoms with E-state index < -0.39 is 12.1 Å². The van der Waals surface area contributed by atoms with Crippen molar-refractivity contribution in [2.45, 2.75) is 39.3 Å². The predicted octanol–water partition coefficient (Wildman–Crippen LogP) is 0.476. The van der Waals surface area contributed by atoms with Crippen LogP contribution in [-0.4, -0.2) is 35.5 Å². The van der Waals surface area contributed by atoms with Crippen molar-refractivity contribution in [2.75, 3.05) is 13.2 Å². The standard InChI is InChI=1S/C8H18O4/c1-4-7(11-5-2)8(9,10)12-6-3/h7,9-10H,4-6H2,1-3H3. The normalized spacial score (nSPS) is 14.8. The summed E-state index contributed by atoms with van der Waals surface area (Å²) in [6.07, 6.45) is -0.177. The van der Waals surface area contributed by atoms with Gasteiger partial charge in [0.1, 0.15) is 6.10 Å². The summed E-state index contributed by atoms with van der Waals surface area (Å²) in [6, 6.07) is 0. The lowest BCUT2D eigenvalue weighted by atomic mass is 10.2. The van der Waals surface area contributed by atoms with Crippen molar-refractivity contribution in [2.24, 2.45) is 0 Å². The fourth-order valence-corrected chi connectivity index (χ4v) is 0.999. The van der Waals surface area contributed by atoms with Crippen LogP contribution < -0.4 is 0 Å². The molecule has 4 nitrogen and oxygen atoms in total. The maximum Gasteiger partial charge on any atom is 0.305 e. The number of hydrogen-bond donors (Lipinski definition) is 2. The Balaban J connectivity index is 4.05. The molecular formula is C8H18O4.